The van der Waals surface area contributed by atoms with Gasteiger partial charge in [-0.2, -0.15) is 0 Å². The van der Waals surface area contributed by atoms with E-state index in [1.165, 1.54) is 12.1 Å². The first-order chi connectivity index (χ1) is 4.83. The summed E-state index contributed by atoms with van der Waals surface area (Å²) in [6, 6.07) is 6.12. The number of halogens is 1. The van der Waals surface area contributed by atoms with Crippen molar-refractivity contribution in [2.24, 2.45) is 0 Å². The molecule has 0 amide bonds. The van der Waals surface area contributed by atoms with Crippen LogP contribution in [0.4, 0.5) is 4.39 Å². The molecule has 0 heterocycles. The second kappa shape index (κ2) is 3.03. The van der Waals surface area contributed by atoms with Gasteiger partial charge < -0.3 is 0 Å². The molecular weight excluding hydrogens is 127 g/mol. The van der Waals surface area contributed by atoms with Gasteiger partial charge in [-0.3, -0.25) is 0 Å². The molecule has 0 aliphatic heterocycles. The van der Waals surface area contributed by atoms with Crippen molar-refractivity contribution in [2.45, 2.75) is 6.92 Å². The highest BCUT2D eigenvalue weighted by Crippen LogP contribution is 1.99. The van der Waals surface area contributed by atoms with Crippen LogP contribution in [-0.2, 0) is 0 Å². The molecule has 0 fully saturated rings. The molecule has 0 N–H and O–H groups in total. The van der Waals surface area contributed by atoms with Crippen LogP contribution in [0.1, 0.15) is 12.5 Å². The van der Waals surface area contributed by atoms with Crippen molar-refractivity contribution in [3.05, 3.63) is 35.6 Å². The lowest BCUT2D eigenvalue weighted by Gasteiger charge is -1.87. The molecule has 0 spiro atoms. The van der Waals surface area contributed by atoms with Gasteiger partial charge in [0.05, 0.1) is 0 Å². The molecular formula is C9H7F. The van der Waals surface area contributed by atoms with Gasteiger partial charge in [-0.1, -0.05) is 5.92 Å². The van der Waals surface area contributed by atoms with Crippen molar-refractivity contribution in [3.63, 3.8) is 0 Å². The largest absolute Gasteiger partial charge is 0.207 e. The van der Waals surface area contributed by atoms with E-state index in [-0.39, 0.29) is 5.82 Å². The summed E-state index contributed by atoms with van der Waals surface area (Å²) in [6.45, 7) is 1.75. The molecule has 0 aliphatic rings. The molecule has 0 aliphatic carbocycles. The second-order valence-electron chi connectivity index (χ2n) is 1.88. The summed E-state index contributed by atoms with van der Waals surface area (Å²) < 4.78 is 12.3. The summed E-state index contributed by atoms with van der Waals surface area (Å²) in [5, 5.41) is 0. The molecule has 1 aromatic rings. The third-order valence-corrected chi connectivity index (χ3v) is 1.11. The van der Waals surface area contributed by atoms with Gasteiger partial charge in [-0.05, 0) is 31.2 Å². The van der Waals surface area contributed by atoms with Crippen LogP contribution in [0.2, 0.25) is 0 Å². The molecule has 0 bridgehead atoms. The fourth-order valence-electron chi connectivity index (χ4n) is 0.678. The van der Waals surface area contributed by atoms with Crippen LogP contribution in [0.3, 0.4) is 0 Å². The monoisotopic (exact) mass is 134 g/mol. The zero-order valence-electron chi connectivity index (χ0n) is 5.69. The number of hydrogen-bond acceptors (Lipinski definition) is 0. The SMILES string of the molecule is CC#Cc1ccc(F)cc1. The Kier molecular flexibility index (Phi) is 2.07. The predicted octanol–water partition coefficient (Wildman–Crippen LogP) is 2.20. The first-order valence-corrected chi connectivity index (χ1v) is 3.01. The van der Waals surface area contributed by atoms with E-state index < -0.39 is 0 Å². The predicted molar refractivity (Wildman–Crippen MR) is 39.0 cm³/mol. The van der Waals surface area contributed by atoms with E-state index in [9.17, 15) is 4.39 Å². The van der Waals surface area contributed by atoms with Gasteiger partial charge >= 0.3 is 0 Å². The number of rotatable bonds is 0. The van der Waals surface area contributed by atoms with Gasteiger partial charge in [0.2, 0.25) is 0 Å². The molecule has 50 valence electrons. The highest BCUT2D eigenvalue weighted by molar-refractivity contribution is 5.33. The van der Waals surface area contributed by atoms with Crippen molar-refractivity contribution in [3.8, 4) is 11.8 Å². The first-order valence-electron chi connectivity index (χ1n) is 3.01. The molecule has 0 saturated carbocycles. The van der Waals surface area contributed by atoms with Gasteiger partial charge in [0, 0.05) is 5.56 Å². The topological polar surface area (TPSA) is 0 Å². The van der Waals surface area contributed by atoms with E-state index >= 15 is 0 Å². The Balaban J connectivity index is 2.97. The minimum absolute atomic E-state index is 0.221. The summed E-state index contributed by atoms with van der Waals surface area (Å²) in [5.74, 6) is 5.33. The third-order valence-electron chi connectivity index (χ3n) is 1.11. The summed E-state index contributed by atoms with van der Waals surface area (Å²) >= 11 is 0. The lowest BCUT2D eigenvalue weighted by molar-refractivity contribution is 0.627. The normalized spacial score (nSPS) is 8.20. The van der Waals surface area contributed by atoms with E-state index in [0.29, 0.717) is 0 Å². The summed E-state index contributed by atoms with van der Waals surface area (Å²) in [7, 11) is 0. The fraction of sp³-hybridized carbons (Fsp3) is 0.111. The Morgan fingerprint density at radius 1 is 1.20 bits per heavy atom. The quantitative estimate of drug-likeness (QED) is 0.477. The molecule has 0 unspecified atom stereocenters. The molecule has 0 aromatic heterocycles. The van der Waals surface area contributed by atoms with Gasteiger partial charge in [0.25, 0.3) is 0 Å². The highest BCUT2D eigenvalue weighted by atomic mass is 19.1. The molecule has 1 heteroatoms. The maximum atomic E-state index is 12.3. The van der Waals surface area contributed by atoms with Crippen molar-refractivity contribution >= 4 is 0 Å². The highest BCUT2D eigenvalue weighted by Gasteiger charge is 1.86. The van der Waals surface area contributed by atoms with E-state index in [1.54, 1.807) is 19.1 Å². The van der Waals surface area contributed by atoms with Gasteiger partial charge in [0.1, 0.15) is 5.82 Å². The zero-order valence-corrected chi connectivity index (χ0v) is 5.69. The van der Waals surface area contributed by atoms with Crippen LogP contribution in [0.15, 0.2) is 24.3 Å². The van der Waals surface area contributed by atoms with E-state index in [4.69, 9.17) is 0 Å². The standard InChI is InChI=1S/C9H7F/c1-2-3-8-4-6-9(10)7-5-8/h4-7H,1H3. The second-order valence-corrected chi connectivity index (χ2v) is 1.88. The van der Waals surface area contributed by atoms with Crippen molar-refractivity contribution in [1.82, 2.24) is 0 Å². The molecule has 0 nitrogen and oxygen atoms in total. The smallest absolute Gasteiger partial charge is 0.123 e. The summed E-state index contributed by atoms with van der Waals surface area (Å²) in [4.78, 5) is 0. The molecule has 1 aromatic carbocycles. The fourth-order valence-corrected chi connectivity index (χ4v) is 0.678. The minimum Gasteiger partial charge on any atom is -0.207 e. The molecule has 10 heavy (non-hydrogen) atoms. The van der Waals surface area contributed by atoms with E-state index in [1.807, 2.05) is 0 Å². The van der Waals surface area contributed by atoms with Crippen LogP contribution >= 0.6 is 0 Å². The van der Waals surface area contributed by atoms with Crippen molar-refractivity contribution < 1.29 is 4.39 Å². The lowest BCUT2D eigenvalue weighted by atomic mass is 10.2. The van der Waals surface area contributed by atoms with E-state index in [2.05, 4.69) is 11.8 Å². The van der Waals surface area contributed by atoms with E-state index in [0.717, 1.165) is 5.56 Å². The van der Waals surface area contributed by atoms with Gasteiger partial charge in [0.15, 0.2) is 0 Å². The molecule has 0 atom stereocenters. The average Bonchev–Trinajstić information content (AvgIpc) is 1.95. The Hall–Kier alpha value is -1.29. The average molecular weight is 134 g/mol. The van der Waals surface area contributed by atoms with Crippen molar-refractivity contribution in [2.75, 3.05) is 0 Å². The Morgan fingerprint density at radius 3 is 2.30 bits per heavy atom. The Morgan fingerprint density at radius 2 is 1.80 bits per heavy atom. The van der Waals surface area contributed by atoms with Crippen molar-refractivity contribution in [1.29, 1.82) is 0 Å². The van der Waals surface area contributed by atoms with Crippen LogP contribution in [0.5, 0.6) is 0 Å². The molecule has 0 radical (unpaired) electrons. The van der Waals surface area contributed by atoms with Crippen LogP contribution in [0, 0.1) is 17.7 Å². The minimum atomic E-state index is -0.221. The zero-order chi connectivity index (χ0) is 7.40. The first kappa shape index (κ1) is 6.82. The summed E-state index contributed by atoms with van der Waals surface area (Å²) in [6.07, 6.45) is 0. The maximum absolute atomic E-state index is 12.3. The lowest BCUT2D eigenvalue weighted by Crippen LogP contribution is -1.74. The van der Waals surface area contributed by atoms with Crippen LogP contribution < -0.4 is 0 Å². The molecule has 1 rings (SSSR count). The number of hydrogen-bond donors (Lipinski definition) is 0. The Bertz CT molecular complexity index is 261. The van der Waals surface area contributed by atoms with Crippen LogP contribution in [-0.4, -0.2) is 0 Å². The Labute approximate surface area is 59.7 Å². The van der Waals surface area contributed by atoms with Gasteiger partial charge in [-0.25, -0.2) is 4.39 Å². The maximum Gasteiger partial charge on any atom is 0.123 e. The third kappa shape index (κ3) is 1.60. The number of benzene rings is 1. The summed E-state index contributed by atoms with van der Waals surface area (Å²) in [5.41, 5.74) is 0.851. The van der Waals surface area contributed by atoms with Crippen LogP contribution in [0.25, 0.3) is 0 Å². The van der Waals surface area contributed by atoms with Gasteiger partial charge in [-0.15, -0.1) is 5.92 Å². The molecule has 0 saturated heterocycles.